The Morgan fingerprint density at radius 3 is 2.59 bits per heavy atom. The number of aryl methyl sites for hydroxylation is 1. The second kappa shape index (κ2) is 5.55. The molecule has 0 spiro atoms. The van der Waals surface area contributed by atoms with Crippen molar-refractivity contribution < 1.29 is 18.4 Å². The number of rotatable bonds is 2. The van der Waals surface area contributed by atoms with E-state index in [9.17, 15) is 18.8 Å². The molecule has 0 saturated carbocycles. The number of amides is 1. The molecule has 0 saturated heterocycles. The van der Waals surface area contributed by atoms with Crippen LogP contribution in [-0.2, 0) is 6.42 Å². The Hall–Kier alpha value is -2.76. The topological polar surface area (TPSA) is 76.4 Å². The van der Waals surface area contributed by atoms with Gasteiger partial charge in [-0.3, -0.25) is 9.59 Å². The third-order valence-electron chi connectivity index (χ3n) is 3.49. The van der Waals surface area contributed by atoms with Crippen molar-refractivity contribution in [3.05, 3.63) is 63.5 Å². The monoisotopic (exact) mass is 301 g/mol. The Balaban J connectivity index is 1.90. The van der Waals surface area contributed by atoms with Gasteiger partial charge in [0.1, 0.15) is 17.3 Å². The number of ketones is 1. The predicted octanol–water partition coefficient (Wildman–Crippen LogP) is 2.55. The largest absolute Gasteiger partial charge is 0.426 e. The molecule has 6 heteroatoms. The van der Waals surface area contributed by atoms with Gasteiger partial charge in [0.2, 0.25) is 0 Å². The maximum Gasteiger partial charge on any atom is 0.359 e. The molecule has 3 rings (SSSR count). The number of nitrogens with one attached hydrogen (secondary N) is 1. The summed E-state index contributed by atoms with van der Waals surface area (Å²) in [5, 5.41) is 2.40. The fourth-order valence-corrected chi connectivity index (χ4v) is 2.35. The van der Waals surface area contributed by atoms with E-state index in [1.165, 1.54) is 18.2 Å². The van der Waals surface area contributed by atoms with Crippen molar-refractivity contribution in [2.24, 2.45) is 0 Å². The molecule has 1 N–H and O–H groups in total. The number of fused-ring (bicyclic) bond motifs is 1. The molecule has 0 atom stereocenters. The van der Waals surface area contributed by atoms with Gasteiger partial charge in [-0.25, -0.2) is 9.18 Å². The highest BCUT2D eigenvalue weighted by Gasteiger charge is 2.22. The molecular formula is C16H12FNO4. The Kier molecular flexibility index (Phi) is 3.58. The van der Waals surface area contributed by atoms with E-state index in [1.54, 1.807) is 0 Å². The Morgan fingerprint density at radius 1 is 1.14 bits per heavy atom. The van der Waals surface area contributed by atoms with Crippen molar-refractivity contribution in [1.29, 1.82) is 0 Å². The summed E-state index contributed by atoms with van der Waals surface area (Å²) in [6.07, 6.45) is 1.57. The van der Waals surface area contributed by atoms with Crippen LogP contribution >= 0.6 is 0 Å². The lowest BCUT2D eigenvalue weighted by Gasteiger charge is -2.13. The molecule has 1 aliphatic carbocycles. The zero-order valence-corrected chi connectivity index (χ0v) is 11.5. The maximum atomic E-state index is 12.8. The molecule has 0 unspecified atom stereocenters. The fraction of sp³-hybridized carbons (Fsp3) is 0.188. The number of halogens is 1. The average molecular weight is 301 g/mol. The molecule has 0 fully saturated rings. The quantitative estimate of drug-likeness (QED) is 0.924. The number of hydrogen-bond acceptors (Lipinski definition) is 4. The number of hydrogen-bond donors (Lipinski definition) is 1. The van der Waals surface area contributed by atoms with E-state index in [4.69, 9.17) is 4.42 Å². The van der Waals surface area contributed by atoms with Crippen LogP contribution in [0.4, 0.5) is 10.1 Å². The summed E-state index contributed by atoms with van der Waals surface area (Å²) >= 11 is 0. The van der Waals surface area contributed by atoms with Gasteiger partial charge in [-0.2, -0.15) is 0 Å². The van der Waals surface area contributed by atoms with Gasteiger partial charge in [-0.05, 0) is 36.8 Å². The average Bonchev–Trinajstić information content (AvgIpc) is 2.49. The molecule has 0 bridgehead atoms. The van der Waals surface area contributed by atoms with Gasteiger partial charge in [0.15, 0.2) is 5.78 Å². The van der Waals surface area contributed by atoms with Gasteiger partial charge in [0.25, 0.3) is 5.91 Å². The smallest absolute Gasteiger partial charge is 0.359 e. The second-order valence-corrected chi connectivity index (χ2v) is 5.02. The molecule has 22 heavy (non-hydrogen) atoms. The van der Waals surface area contributed by atoms with E-state index in [-0.39, 0.29) is 17.0 Å². The van der Waals surface area contributed by atoms with Crippen LogP contribution in [0.1, 0.15) is 39.3 Å². The van der Waals surface area contributed by atoms with Gasteiger partial charge in [-0.1, -0.05) is 0 Å². The van der Waals surface area contributed by atoms with E-state index in [0.717, 1.165) is 12.1 Å². The van der Waals surface area contributed by atoms with Crippen molar-refractivity contribution in [1.82, 2.24) is 0 Å². The molecule has 1 amide bonds. The van der Waals surface area contributed by atoms with Gasteiger partial charge in [0, 0.05) is 18.4 Å². The van der Waals surface area contributed by atoms with Gasteiger partial charge in [0.05, 0.1) is 5.56 Å². The Morgan fingerprint density at radius 2 is 1.86 bits per heavy atom. The summed E-state index contributed by atoms with van der Waals surface area (Å²) in [6, 6.07) is 6.25. The summed E-state index contributed by atoms with van der Waals surface area (Å²) < 4.78 is 17.9. The highest BCUT2D eigenvalue weighted by atomic mass is 19.1. The third kappa shape index (κ3) is 2.67. The first-order valence-corrected chi connectivity index (χ1v) is 6.82. The lowest BCUT2D eigenvalue weighted by Crippen LogP contribution is -2.21. The van der Waals surface area contributed by atoms with E-state index in [2.05, 4.69) is 5.32 Å². The lowest BCUT2D eigenvalue weighted by molar-refractivity contribution is 0.0963. The van der Waals surface area contributed by atoms with Crippen LogP contribution in [-0.4, -0.2) is 11.7 Å². The minimum absolute atomic E-state index is 0.0941. The molecular weight excluding hydrogens is 289 g/mol. The molecule has 1 aromatic heterocycles. The molecule has 2 aromatic rings. The maximum absolute atomic E-state index is 12.8. The van der Waals surface area contributed by atoms with Crippen LogP contribution in [0.15, 0.2) is 39.5 Å². The van der Waals surface area contributed by atoms with Crippen molar-refractivity contribution in [3.8, 4) is 0 Å². The molecule has 0 aliphatic heterocycles. The van der Waals surface area contributed by atoms with Crippen molar-refractivity contribution in [2.75, 3.05) is 5.32 Å². The molecule has 112 valence electrons. The minimum Gasteiger partial charge on any atom is -0.426 e. The highest BCUT2D eigenvalue weighted by molar-refractivity contribution is 6.05. The normalized spacial score (nSPS) is 13.6. The third-order valence-corrected chi connectivity index (χ3v) is 3.49. The van der Waals surface area contributed by atoms with Crippen LogP contribution in [0, 0.1) is 5.82 Å². The molecule has 1 aromatic carbocycles. The summed E-state index contributed by atoms with van der Waals surface area (Å²) in [4.78, 5) is 35.7. The first kappa shape index (κ1) is 14.2. The minimum atomic E-state index is -0.705. The fourth-order valence-electron chi connectivity index (χ4n) is 2.35. The number of anilines is 1. The van der Waals surface area contributed by atoms with Crippen molar-refractivity contribution >= 4 is 17.4 Å². The van der Waals surface area contributed by atoms with Gasteiger partial charge < -0.3 is 9.73 Å². The standard InChI is InChI=1S/C16H12FNO4/c17-10-6-4-9(5-7-10)15(20)18-12-8-11-13(19)2-1-3-14(11)22-16(12)21/h4-8H,1-3H2,(H,18,20). The van der Waals surface area contributed by atoms with E-state index < -0.39 is 17.3 Å². The zero-order valence-electron chi connectivity index (χ0n) is 11.5. The van der Waals surface area contributed by atoms with Crippen molar-refractivity contribution in [2.45, 2.75) is 19.3 Å². The van der Waals surface area contributed by atoms with Crippen LogP contribution in [0.5, 0.6) is 0 Å². The van der Waals surface area contributed by atoms with E-state index in [1.807, 2.05) is 0 Å². The SMILES string of the molecule is O=C(Nc1cc2c(oc1=O)CCCC2=O)c1ccc(F)cc1. The van der Waals surface area contributed by atoms with Crippen LogP contribution in [0.25, 0.3) is 0 Å². The number of carbonyl (C=O) groups is 2. The number of Topliss-reactive ketones (excluding diaryl/α,β-unsaturated/α-hetero) is 1. The first-order chi connectivity index (χ1) is 10.5. The summed E-state index contributed by atoms with van der Waals surface area (Å²) in [6.45, 7) is 0. The molecule has 0 radical (unpaired) electrons. The molecule has 5 nitrogen and oxygen atoms in total. The Labute approximate surface area is 124 Å². The summed E-state index contributed by atoms with van der Waals surface area (Å²) in [5.41, 5.74) is -0.266. The summed E-state index contributed by atoms with van der Waals surface area (Å²) in [7, 11) is 0. The molecule has 1 heterocycles. The zero-order chi connectivity index (χ0) is 15.7. The van der Waals surface area contributed by atoms with Gasteiger partial charge in [-0.15, -0.1) is 0 Å². The number of benzene rings is 1. The van der Waals surface area contributed by atoms with E-state index >= 15 is 0 Å². The summed E-state index contributed by atoms with van der Waals surface area (Å²) in [5.74, 6) is -0.783. The number of carbonyl (C=O) groups excluding carboxylic acids is 2. The van der Waals surface area contributed by atoms with E-state index in [0.29, 0.717) is 30.6 Å². The molecule has 1 aliphatic rings. The van der Waals surface area contributed by atoms with Gasteiger partial charge >= 0.3 is 5.63 Å². The van der Waals surface area contributed by atoms with Crippen molar-refractivity contribution in [3.63, 3.8) is 0 Å². The van der Waals surface area contributed by atoms with Crippen LogP contribution < -0.4 is 10.9 Å². The lowest BCUT2D eigenvalue weighted by atomic mass is 9.96. The Bertz CT molecular complexity index is 808. The predicted molar refractivity (Wildman–Crippen MR) is 76.6 cm³/mol. The highest BCUT2D eigenvalue weighted by Crippen LogP contribution is 2.22. The first-order valence-electron chi connectivity index (χ1n) is 6.82. The van der Waals surface area contributed by atoms with Crippen LogP contribution in [0.3, 0.4) is 0 Å². The second-order valence-electron chi connectivity index (χ2n) is 5.02. The van der Waals surface area contributed by atoms with Crippen LogP contribution in [0.2, 0.25) is 0 Å².